The minimum absolute atomic E-state index is 0.0437. The molecule has 0 amide bonds. The van der Waals surface area contributed by atoms with Crippen molar-refractivity contribution in [3.63, 3.8) is 0 Å². The van der Waals surface area contributed by atoms with Crippen molar-refractivity contribution in [2.24, 2.45) is 0 Å². The third kappa shape index (κ3) is 3.12. The van der Waals surface area contributed by atoms with Crippen LogP contribution in [0.3, 0.4) is 0 Å². The summed E-state index contributed by atoms with van der Waals surface area (Å²) in [4.78, 5) is 0. The fraction of sp³-hybridized carbons (Fsp3) is 0.100. The van der Waals surface area contributed by atoms with Gasteiger partial charge in [-0.25, -0.2) is 0 Å². The summed E-state index contributed by atoms with van der Waals surface area (Å²) in [7, 11) is 0. The van der Waals surface area contributed by atoms with Crippen molar-refractivity contribution in [1.29, 1.82) is 0 Å². The minimum Gasteiger partial charge on any atom is -0.309 e. The van der Waals surface area contributed by atoms with E-state index in [1.807, 2.05) is 0 Å². The lowest BCUT2D eigenvalue weighted by Gasteiger charge is -2.22. The molecular formula is C40H29N. The zero-order valence-electron chi connectivity index (χ0n) is 23.3. The standard InChI is InChI=1S/C40H29N/c1-40(2)36-22-26(16-18-31(36)34-24-33-28(23-37(34)40)20-27-10-6-7-13-30(27)33)25-17-19-39-35(21-25)32-14-8-9-15-38(32)41(39)29-11-4-3-5-12-29/h3-19,21-24H,20H2,1-2H3. The van der Waals surface area contributed by atoms with Crippen molar-refractivity contribution in [2.75, 3.05) is 0 Å². The van der Waals surface area contributed by atoms with E-state index in [1.54, 1.807) is 0 Å². The fourth-order valence-electron chi connectivity index (χ4n) is 7.55. The highest BCUT2D eigenvalue weighted by Gasteiger charge is 2.37. The lowest BCUT2D eigenvalue weighted by atomic mass is 9.81. The quantitative estimate of drug-likeness (QED) is 0.212. The summed E-state index contributed by atoms with van der Waals surface area (Å²) in [6.07, 6.45) is 1.03. The molecule has 1 heteroatoms. The van der Waals surface area contributed by atoms with E-state index in [0.29, 0.717) is 0 Å². The smallest absolute Gasteiger partial charge is 0.0541 e. The van der Waals surface area contributed by atoms with Gasteiger partial charge in [0.05, 0.1) is 11.0 Å². The van der Waals surface area contributed by atoms with Crippen LogP contribution in [-0.2, 0) is 11.8 Å². The molecule has 6 aromatic carbocycles. The van der Waals surface area contributed by atoms with Gasteiger partial charge in [0.15, 0.2) is 0 Å². The highest BCUT2D eigenvalue weighted by atomic mass is 15.0. The van der Waals surface area contributed by atoms with Crippen LogP contribution < -0.4 is 0 Å². The molecule has 0 saturated heterocycles. The maximum absolute atomic E-state index is 2.49. The topological polar surface area (TPSA) is 4.93 Å². The number of rotatable bonds is 2. The van der Waals surface area contributed by atoms with E-state index in [4.69, 9.17) is 0 Å². The van der Waals surface area contributed by atoms with Gasteiger partial charge in [-0.3, -0.25) is 0 Å². The highest BCUT2D eigenvalue weighted by molar-refractivity contribution is 6.10. The molecule has 2 aliphatic rings. The number of benzene rings is 6. The second-order valence-corrected chi connectivity index (χ2v) is 12.2. The van der Waals surface area contributed by atoms with Crippen molar-refractivity contribution < 1.29 is 0 Å². The molecule has 0 atom stereocenters. The van der Waals surface area contributed by atoms with Crippen LogP contribution in [0.1, 0.15) is 36.1 Å². The molecule has 1 heterocycles. The summed E-state index contributed by atoms with van der Waals surface area (Å²) in [5, 5.41) is 2.58. The summed E-state index contributed by atoms with van der Waals surface area (Å²) >= 11 is 0. The van der Waals surface area contributed by atoms with Gasteiger partial charge < -0.3 is 4.57 Å². The third-order valence-corrected chi connectivity index (χ3v) is 9.61. The Morgan fingerprint density at radius 3 is 2.10 bits per heavy atom. The van der Waals surface area contributed by atoms with E-state index in [0.717, 1.165) is 6.42 Å². The van der Waals surface area contributed by atoms with Crippen molar-refractivity contribution in [3.05, 3.63) is 150 Å². The number of para-hydroxylation sites is 2. The first-order valence-corrected chi connectivity index (χ1v) is 14.6. The van der Waals surface area contributed by atoms with Crippen LogP contribution in [-0.4, -0.2) is 4.57 Å². The summed E-state index contributed by atoms with van der Waals surface area (Å²) in [6.45, 7) is 4.79. The van der Waals surface area contributed by atoms with Crippen LogP contribution in [0.4, 0.5) is 0 Å². The summed E-state index contributed by atoms with van der Waals surface area (Å²) in [6, 6.07) is 47.4. The Morgan fingerprint density at radius 2 is 1.20 bits per heavy atom. The first kappa shape index (κ1) is 22.9. The Morgan fingerprint density at radius 1 is 0.488 bits per heavy atom. The Hall–Kier alpha value is -4.88. The van der Waals surface area contributed by atoms with Gasteiger partial charge in [0.2, 0.25) is 0 Å². The molecular weight excluding hydrogens is 494 g/mol. The molecule has 0 fully saturated rings. The zero-order valence-corrected chi connectivity index (χ0v) is 23.3. The molecule has 0 bridgehead atoms. The monoisotopic (exact) mass is 523 g/mol. The average Bonchev–Trinajstić information content (AvgIpc) is 3.62. The molecule has 0 spiro atoms. The van der Waals surface area contributed by atoms with Crippen molar-refractivity contribution >= 4 is 21.8 Å². The molecule has 7 aromatic rings. The maximum atomic E-state index is 2.49. The summed E-state index contributed by atoms with van der Waals surface area (Å²) < 4.78 is 2.38. The molecule has 0 aliphatic heterocycles. The Labute approximate surface area is 240 Å². The third-order valence-electron chi connectivity index (χ3n) is 9.61. The lowest BCUT2D eigenvalue weighted by Crippen LogP contribution is -2.15. The Balaban J connectivity index is 1.20. The molecule has 9 rings (SSSR count). The van der Waals surface area contributed by atoms with E-state index in [1.165, 1.54) is 83.1 Å². The fourth-order valence-corrected chi connectivity index (χ4v) is 7.55. The molecule has 194 valence electrons. The van der Waals surface area contributed by atoms with Crippen LogP contribution in [0.15, 0.2) is 127 Å². The molecule has 0 N–H and O–H groups in total. The zero-order chi connectivity index (χ0) is 27.3. The van der Waals surface area contributed by atoms with Crippen LogP contribution in [0.25, 0.3) is 60.9 Å². The van der Waals surface area contributed by atoms with Crippen molar-refractivity contribution in [2.45, 2.75) is 25.7 Å². The van der Waals surface area contributed by atoms with Gasteiger partial charge in [-0.05, 0) is 105 Å². The Kier molecular flexibility index (Phi) is 4.51. The van der Waals surface area contributed by atoms with E-state index in [9.17, 15) is 0 Å². The van der Waals surface area contributed by atoms with Crippen LogP contribution in [0, 0.1) is 0 Å². The van der Waals surface area contributed by atoms with Gasteiger partial charge in [-0.1, -0.05) is 98.8 Å². The first-order chi connectivity index (χ1) is 20.1. The van der Waals surface area contributed by atoms with Crippen LogP contribution in [0.5, 0.6) is 0 Å². The van der Waals surface area contributed by atoms with Crippen molar-refractivity contribution in [1.82, 2.24) is 4.57 Å². The number of hydrogen-bond acceptors (Lipinski definition) is 0. The molecule has 1 aromatic heterocycles. The van der Waals surface area contributed by atoms with Gasteiger partial charge in [0, 0.05) is 21.9 Å². The molecule has 0 unspecified atom stereocenters. The van der Waals surface area contributed by atoms with Crippen LogP contribution >= 0.6 is 0 Å². The molecule has 0 radical (unpaired) electrons. The first-order valence-electron chi connectivity index (χ1n) is 14.6. The van der Waals surface area contributed by atoms with Gasteiger partial charge in [0.1, 0.15) is 0 Å². The van der Waals surface area contributed by atoms with Gasteiger partial charge in [0.25, 0.3) is 0 Å². The SMILES string of the molecule is CC1(C)c2cc(-c3ccc4c(c3)c3ccccc3n4-c3ccccc3)ccc2-c2cc3c(cc21)Cc1ccccc1-3. The largest absolute Gasteiger partial charge is 0.309 e. The van der Waals surface area contributed by atoms with E-state index in [-0.39, 0.29) is 5.41 Å². The number of hydrogen-bond donors (Lipinski definition) is 0. The second-order valence-electron chi connectivity index (χ2n) is 12.2. The highest BCUT2D eigenvalue weighted by Crippen LogP contribution is 2.53. The predicted octanol–water partition coefficient (Wildman–Crippen LogP) is 10.3. The lowest BCUT2D eigenvalue weighted by molar-refractivity contribution is 0.660. The summed E-state index contributed by atoms with van der Waals surface area (Å²) in [5.74, 6) is 0. The normalized spacial score (nSPS) is 14.2. The van der Waals surface area contributed by atoms with E-state index < -0.39 is 0 Å². The van der Waals surface area contributed by atoms with Crippen molar-refractivity contribution in [3.8, 4) is 39.1 Å². The number of fused-ring (bicyclic) bond motifs is 9. The van der Waals surface area contributed by atoms with Gasteiger partial charge >= 0.3 is 0 Å². The average molecular weight is 524 g/mol. The van der Waals surface area contributed by atoms with E-state index >= 15 is 0 Å². The molecule has 1 nitrogen and oxygen atoms in total. The molecule has 0 saturated carbocycles. The van der Waals surface area contributed by atoms with Gasteiger partial charge in [-0.15, -0.1) is 0 Å². The number of nitrogens with zero attached hydrogens (tertiary/aromatic N) is 1. The minimum atomic E-state index is -0.0437. The maximum Gasteiger partial charge on any atom is 0.0541 e. The molecule has 2 aliphatic carbocycles. The van der Waals surface area contributed by atoms with E-state index in [2.05, 4.69) is 146 Å². The van der Waals surface area contributed by atoms with Gasteiger partial charge in [-0.2, -0.15) is 0 Å². The molecule has 41 heavy (non-hydrogen) atoms. The second kappa shape index (κ2) is 8.08. The van der Waals surface area contributed by atoms with Crippen LogP contribution in [0.2, 0.25) is 0 Å². The predicted molar refractivity (Wildman–Crippen MR) is 172 cm³/mol. The number of aromatic nitrogens is 1. The summed E-state index contributed by atoms with van der Waals surface area (Å²) in [5.41, 5.74) is 17.5. The Bertz CT molecular complexity index is 2190.